The summed E-state index contributed by atoms with van der Waals surface area (Å²) >= 11 is 0. The molecule has 0 radical (unpaired) electrons. The summed E-state index contributed by atoms with van der Waals surface area (Å²) in [7, 11) is 1.48. The van der Waals surface area contributed by atoms with E-state index in [0.717, 1.165) is 37.6 Å². The Hall–Kier alpha value is -10.0. The second-order valence-corrected chi connectivity index (χ2v) is 25.1. The first-order valence-electron chi connectivity index (χ1n) is 30.7. The molecule has 12 amide bonds. The lowest BCUT2D eigenvalue weighted by Crippen LogP contribution is -2.61. The molecule has 0 saturated carbocycles. The van der Waals surface area contributed by atoms with Crippen LogP contribution in [0.25, 0.3) is 10.9 Å². The van der Waals surface area contributed by atoms with Crippen LogP contribution in [0.4, 0.5) is 0 Å². The van der Waals surface area contributed by atoms with Crippen LogP contribution in [0.3, 0.4) is 0 Å². The topological polar surface area (TPSA) is 597 Å². The molecule has 3 aliphatic rings. The summed E-state index contributed by atoms with van der Waals surface area (Å²) in [5.41, 5.74) is 28.9. The number of aromatic nitrogens is 1. The molecule has 11 atom stereocenters. The Morgan fingerprint density at radius 3 is 1.89 bits per heavy atom. The first-order chi connectivity index (χ1) is 46.1. The number of para-hydroxylation sites is 1. The number of H-pyrrole nitrogens is 1. The average molecular weight is 1400 g/mol. The van der Waals surface area contributed by atoms with Gasteiger partial charge in [-0.15, -0.1) is 0 Å². The molecule has 2 bridgehead atoms. The molecule has 1 aromatic carbocycles. The molecule has 97 heavy (non-hydrogen) atoms. The zero-order chi connectivity index (χ0) is 71.5. The first kappa shape index (κ1) is 77.7. The van der Waals surface area contributed by atoms with Crippen LogP contribution >= 0.6 is 21.6 Å². The van der Waals surface area contributed by atoms with Crippen LogP contribution in [0.1, 0.15) is 70.3 Å². The lowest BCUT2D eigenvalue weighted by molar-refractivity contribution is -0.146. The fourth-order valence-corrected chi connectivity index (χ4v) is 12.5. The number of aliphatic imine (C=N–C) groups is 2. The predicted molar refractivity (Wildman–Crippen MR) is 353 cm³/mol. The van der Waals surface area contributed by atoms with E-state index >= 15 is 0 Å². The number of carbonyl (C=O) groups is 14. The average Bonchev–Trinajstić information content (AvgIpc) is 1.73. The van der Waals surface area contributed by atoms with E-state index in [9.17, 15) is 82.4 Å². The van der Waals surface area contributed by atoms with Crippen LogP contribution in [0.2, 0.25) is 0 Å². The molecule has 2 unspecified atom stereocenters. The number of nitrogens with one attached hydrogen (secondary N) is 11. The Morgan fingerprint density at radius 1 is 0.691 bits per heavy atom. The molecule has 24 N–H and O–H groups in total. The van der Waals surface area contributed by atoms with E-state index in [0.29, 0.717) is 16.5 Å². The molecule has 2 aromatic rings. The van der Waals surface area contributed by atoms with Gasteiger partial charge in [0, 0.05) is 60.9 Å². The molecule has 530 valence electrons. The van der Waals surface area contributed by atoms with Gasteiger partial charge in [0.1, 0.15) is 73.0 Å². The number of nitrogens with two attached hydrogens (primary N) is 5. The number of aliphatic hydroxyl groups excluding tert-OH is 1. The van der Waals surface area contributed by atoms with Gasteiger partial charge in [0.25, 0.3) is 0 Å². The third-order valence-electron chi connectivity index (χ3n) is 15.3. The number of aliphatic carboxylic acids is 2. The number of carbonyl (C=O) groups excluding carboxylic acids is 12. The van der Waals surface area contributed by atoms with E-state index in [-0.39, 0.29) is 76.5 Å². The Morgan fingerprint density at radius 2 is 1.26 bits per heavy atom. The Bertz CT molecular complexity index is 3320. The summed E-state index contributed by atoms with van der Waals surface area (Å²) < 4.78 is 0. The van der Waals surface area contributed by atoms with Gasteiger partial charge in [-0.1, -0.05) is 58.5 Å². The molecule has 1 aromatic heterocycles. The van der Waals surface area contributed by atoms with Crippen molar-refractivity contribution in [1.82, 2.24) is 68.0 Å². The van der Waals surface area contributed by atoms with Gasteiger partial charge in [-0.05, 0) is 69.9 Å². The highest BCUT2D eigenvalue weighted by Crippen LogP contribution is 2.25. The van der Waals surface area contributed by atoms with Gasteiger partial charge in [0.15, 0.2) is 11.9 Å². The quantitative estimate of drug-likeness (QED) is 0.0204. The Balaban J connectivity index is 1.71. The predicted octanol–water partition coefficient (Wildman–Crippen LogP) is -7.10. The van der Waals surface area contributed by atoms with E-state index in [2.05, 4.69) is 74.7 Å². The van der Waals surface area contributed by atoms with Crippen molar-refractivity contribution in [3.63, 3.8) is 0 Å². The van der Waals surface area contributed by atoms with Crippen LogP contribution in [0.5, 0.6) is 0 Å². The molecular weight excluding hydrogens is 1310 g/mol. The summed E-state index contributed by atoms with van der Waals surface area (Å²) in [5.74, 6) is -17.4. The number of benzene rings is 1. The highest BCUT2D eigenvalue weighted by atomic mass is 33.1. The third-order valence-corrected chi connectivity index (χ3v) is 17.7. The summed E-state index contributed by atoms with van der Waals surface area (Å²) in [5, 5.41) is 56.4. The summed E-state index contributed by atoms with van der Waals surface area (Å²) in [6.45, 7) is 1.91. The maximum atomic E-state index is 14.8. The SMILES string of the molecule is C=CN(CC(=O)NC1C/C=C/CC2NC(=O)[C@H](CCCN=C(N)N)NC(=O)[C@@H]3CCCN3C(=O)[C@H](CC(=O)O)NC(=O)[C@H](CO)NC(=O)[C@H](CSSC[C@@H](C(=O)O)NC(=O)[C@H](CCCN=C(N)N)NC(=O)[C@H](Cc3c[nH]c4ccccc34)NC(=O)[C@H](C)NC2=O)NC1=O)C(=O)CN. The Labute approximate surface area is 563 Å². The summed E-state index contributed by atoms with van der Waals surface area (Å²) in [6.07, 6.45) is 2.51. The van der Waals surface area contributed by atoms with Crippen molar-refractivity contribution in [3.05, 3.63) is 61.0 Å². The van der Waals surface area contributed by atoms with Crippen LogP contribution < -0.4 is 81.8 Å². The number of carboxylic acids is 2. The van der Waals surface area contributed by atoms with Crippen molar-refractivity contribution in [3.8, 4) is 0 Å². The van der Waals surface area contributed by atoms with Crippen molar-refractivity contribution in [2.75, 3.05) is 50.8 Å². The van der Waals surface area contributed by atoms with Gasteiger partial charge < -0.3 is 112 Å². The fraction of sp³-hybridized carbons (Fsp3) is 0.517. The number of aromatic amines is 1. The van der Waals surface area contributed by atoms with Gasteiger partial charge in [-0.2, -0.15) is 0 Å². The lowest BCUT2D eigenvalue weighted by Gasteiger charge is -2.30. The number of guanidine groups is 2. The summed E-state index contributed by atoms with van der Waals surface area (Å²) in [4.78, 5) is 209. The van der Waals surface area contributed by atoms with E-state index in [1.807, 2.05) is 0 Å². The van der Waals surface area contributed by atoms with Crippen LogP contribution in [0, 0.1) is 0 Å². The minimum atomic E-state index is -2.01. The molecule has 5 rings (SSSR count). The van der Waals surface area contributed by atoms with E-state index in [4.69, 9.17) is 28.7 Å². The monoisotopic (exact) mass is 1400 g/mol. The van der Waals surface area contributed by atoms with Gasteiger partial charge in [-0.25, -0.2) is 4.79 Å². The maximum absolute atomic E-state index is 14.8. The number of amides is 12. The first-order valence-corrected chi connectivity index (χ1v) is 33.2. The highest BCUT2D eigenvalue weighted by molar-refractivity contribution is 8.76. The largest absolute Gasteiger partial charge is 0.481 e. The number of nitrogens with zero attached hydrogens (tertiary/aromatic N) is 4. The third kappa shape index (κ3) is 24.3. The number of aliphatic hydroxyl groups is 1. The minimum absolute atomic E-state index is 0.00482. The standard InChI is InChI=1S/C58H84N20O17S2/c1-3-77(44(81)23-59)25-43(80)68-33-13-6-7-14-34-47(85)67-29(2)46(84)72-37(21-30-24-66-32-12-5-4-11-31(30)32)51(89)70-35(15-8-18-64-57(60)61)50(88)76-41(56(94)95)28-97-96-27-40(75-48(33)86)53(91)74-39(26-79)52(90)73-38(22-45(82)83)55(93)78-20-10-17-42(78)54(92)71-36(49(87)69-34)16-9-19-65-58(62)63/h3-7,11-12,24,29,33-42,66,79H,1,8-10,13-23,25-28,59H2,2H3,(H,67,85)(H,68,80)(H,69,87)(H,70,89)(H,71,92)(H,72,84)(H,73,90)(H,74,91)(H,75,86)(H,76,88)(H,82,83)(H,94,95)(H4,60,61,64)(H4,62,63,65)/b7-6+/t29-,33?,34?,35-,36-,37-,38-,39-,40-,41-,42-/m0/s1. The fourth-order valence-electron chi connectivity index (χ4n) is 10.2. The smallest absolute Gasteiger partial charge is 0.327 e. The van der Waals surface area contributed by atoms with Crippen molar-refractivity contribution in [2.24, 2.45) is 38.7 Å². The van der Waals surface area contributed by atoms with E-state index in [1.165, 1.54) is 19.1 Å². The molecule has 3 aliphatic heterocycles. The number of fused-ring (bicyclic) bond motifs is 9. The molecular formula is C58H84N20O17S2. The van der Waals surface area contributed by atoms with Crippen LogP contribution in [-0.4, -0.2) is 242 Å². The lowest BCUT2D eigenvalue weighted by atomic mass is 10.0. The summed E-state index contributed by atoms with van der Waals surface area (Å²) in [6, 6.07) is -11.6. The molecule has 0 aliphatic carbocycles. The number of rotatable bonds is 19. The van der Waals surface area contributed by atoms with Gasteiger partial charge in [0.2, 0.25) is 70.9 Å². The molecule has 37 nitrogen and oxygen atoms in total. The van der Waals surface area contributed by atoms with Crippen molar-refractivity contribution in [2.45, 2.75) is 138 Å². The van der Waals surface area contributed by atoms with Gasteiger partial charge in [-0.3, -0.25) is 72.3 Å². The highest BCUT2D eigenvalue weighted by Gasteiger charge is 2.42. The second-order valence-electron chi connectivity index (χ2n) is 22.5. The minimum Gasteiger partial charge on any atom is -0.481 e. The maximum Gasteiger partial charge on any atom is 0.327 e. The Kier molecular flexibility index (Phi) is 30.8. The van der Waals surface area contributed by atoms with Crippen molar-refractivity contribution in [1.29, 1.82) is 0 Å². The molecule has 4 heterocycles. The van der Waals surface area contributed by atoms with Crippen LogP contribution in [0.15, 0.2) is 65.4 Å². The van der Waals surface area contributed by atoms with E-state index < -0.39 is 200 Å². The second kappa shape index (κ2) is 38.5. The number of hydrogen-bond acceptors (Lipinski definition) is 20. The van der Waals surface area contributed by atoms with E-state index in [1.54, 1.807) is 30.5 Å². The molecule has 39 heteroatoms. The number of hydrogen-bond donors (Lipinski definition) is 19. The molecule has 0 spiro atoms. The van der Waals surface area contributed by atoms with Gasteiger partial charge in [0.05, 0.1) is 19.6 Å². The molecule has 1 saturated heterocycles. The molecule has 1 fully saturated rings. The van der Waals surface area contributed by atoms with Crippen LogP contribution in [-0.2, 0) is 73.5 Å². The normalized spacial score (nSPS) is 25.3. The zero-order valence-corrected chi connectivity index (χ0v) is 54.6. The van der Waals surface area contributed by atoms with Crippen molar-refractivity contribution < 1.29 is 82.4 Å². The van der Waals surface area contributed by atoms with Gasteiger partial charge >= 0.3 is 11.9 Å². The number of carboxylic acid groups (broad SMARTS) is 2. The van der Waals surface area contributed by atoms with Crippen molar-refractivity contribution >= 4 is 127 Å². The zero-order valence-electron chi connectivity index (χ0n) is 53.0.